The summed E-state index contributed by atoms with van der Waals surface area (Å²) in [5.74, 6) is 1.58. The van der Waals surface area contributed by atoms with Crippen LogP contribution in [0.25, 0.3) is 16.7 Å². The van der Waals surface area contributed by atoms with E-state index in [9.17, 15) is 0 Å². The molecule has 24 heavy (non-hydrogen) atoms. The molecule has 2 N–H and O–H groups in total. The normalized spacial score (nSPS) is 10.9. The number of H-pyrrole nitrogens is 1. The molecule has 0 spiro atoms. The van der Waals surface area contributed by atoms with E-state index >= 15 is 0 Å². The number of hydrogen-bond donors (Lipinski definition) is 2. The number of methoxy groups -OCH3 is 1. The first-order valence-corrected chi connectivity index (χ1v) is 7.69. The molecule has 6 nitrogen and oxygen atoms in total. The van der Waals surface area contributed by atoms with Crippen LogP contribution in [0.2, 0.25) is 0 Å². The molecule has 0 aliphatic heterocycles. The van der Waals surface area contributed by atoms with Crippen molar-refractivity contribution >= 4 is 17.0 Å². The molecular formula is C18H17N5O. The van der Waals surface area contributed by atoms with E-state index < -0.39 is 0 Å². The van der Waals surface area contributed by atoms with Gasteiger partial charge in [0.15, 0.2) is 0 Å². The third kappa shape index (κ3) is 2.81. The highest BCUT2D eigenvalue weighted by atomic mass is 16.5. The van der Waals surface area contributed by atoms with Crippen molar-refractivity contribution in [2.24, 2.45) is 0 Å². The maximum atomic E-state index is 5.17. The first kappa shape index (κ1) is 14.3. The molecule has 0 fully saturated rings. The minimum Gasteiger partial charge on any atom is -0.497 e. The Bertz CT molecular complexity index is 922. The van der Waals surface area contributed by atoms with Gasteiger partial charge in [0.2, 0.25) is 5.95 Å². The van der Waals surface area contributed by atoms with E-state index in [0.717, 1.165) is 34.1 Å². The lowest BCUT2D eigenvalue weighted by Gasteiger charge is -2.03. The highest BCUT2D eigenvalue weighted by molar-refractivity contribution is 5.77. The van der Waals surface area contributed by atoms with Crippen LogP contribution < -0.4 is 10.1 Å². The van der Waals surface area contributed by atoms with Crippen molar-refractivity contribution in [1.82, 2.24) is 19.7 Å². The maximum absolute atomic E-state index is 5.17. The average Bonchev–Trinajstić information content (AvgIpc) is 3.26. The van der Waals surface area contributed by atoms with Crippen LogP contribution in [0.1, 0.15) is 5.69 Å². The van der Waals surface area contributed by atoms with Gasteiger partial charge in [-0.05, 0) is 42.5 Å². The molecule has 0 aliphatic rings. The van der Waals surface area contributed by atoms with Crippen molar-refractivity contribution in [3.05, 3.63) is 66.5 Å². The number of aromatic amines is 1. The second-order valence-corrected chi connectivity index (χ2v) is 5.41. The smallest absolute Gasteiger partial charge is 0.201 e. The van der Waals surface area contributed by atoms with Crippen LogP contribution in [-0.4, -0.2) is 26.9 Å². The maximum Gasteiger partial charge on any atom is 0.201 e. The van der Waals surface area contributed by atoms with E-state index in [1.165, 1.54) is 0 Å². The summed E-state index contributed by atoms with van der Waals surface area (Å²) in [7, 11) is 1.66. The number of imidazole rings is 1. The molecule has 4 aromatic rings. The largest absolute Gasteiger partial charge is 0.497 e. The van der Waals surface area contributed by atoms with Gasteiger partial charge in [-0.25, -0.2) is 9.67 Å². The highest BCUT2D eigenvalue weighted by Gasteiger charge is 2.04. The van der Waals surface area contributed by atoms with Crippen molar-refractivity contribution in [2.45, 2.75) is 6.54 Å². The number of benzene rings is 2. The fourth-order valence-corrected chi connectivity index (χ4v) is 2.55. The Morgan fingerprint density at radius 1 is 1.08 bits per heavy atom. The number of fused-ring (bicyclic) bond motifs is 1. The van der Waals surface area contributed by atoms with Gasteiger partial charge in [-0.15, -0.1) is 0 Å². The van der Waals surface area contributed by atoms with Crippen molar-refractivity contribution in [1.29, 1.82) is 0 Å². The predicted octanol–water partition coefficient (Wildman–Crippen LogP) is 3.37. The summed E-state index contributed by atoms with van der Waals surface area (Å²) >= 11 is 0. The van der Waals surface area contributed by atoms with E-state index in [4.69, 9.17) is 4.74 Å². The minimum absolute atomic E-state index is 0.600. The second-order valence-electron chi connectivity index (χ2n) is 5.41. The van der Waals surface area contributed by atoms with Gasteiger partial charge in [-0.2, -0.15) is 5.10 Å². The van der Waals surface area contributed by atoms with Crippen LogP contribution in [0.15, 0.2) is 60.8 Å². The third-order valence-electron chi connectivity index (χ3n) is 3.81. The van der Waals surface area contributed by atoms with Crippen LogP contribution in [0, 0.1) is 0 Å². The number of para-hydroxylation sites is 2. The molecule has 0 atom stereocenters. The molecule has 2 aromatic carbocycles. The molecule has 0 saturated carbocycles. The Hall–Kier alpha value is -3.28. The molecule has 0 aliphatic carbocycles. The van der Waals surface area contributed by atoms with Crippen LogP contribution in [-0.2, 0) is 6.54 Å². The standard InChI is InChI=1S/C18H17N5O/c1-24-15-8-6-14(7-9-15)23-11-10-13(22-23)12-19-18-20-16-4-2-3-5-17(16)21-18/h2-11H,12H2,1H3,(H2,19,20,21). The molecule has 2 aromatic heterocycles. The molecule has 0 radical (unpaired) electrons. The van der Waals surface area contributed by atoms with E-state index in [2.05, 4.69) is 20.4 Å². The topological polar surface area (TPSA) is 67.8 Å². The summed E-state index contributed by atoms with van der Waals surface area (Å²) in [5, 5.41) is 7.85. The van der Waals surface area contributed by atoms with Gasteiger partial charge < -0.3 is 15.0 Å². The average molecular weight is 319 g/mol. The van der Waals surface area contributed by atoms with Crippen molar-refractivity contribution < 1.29 is 4.74 Å². The lowest BCUT2D eigenvalue weighted by atomic mass is 10.3. The summed E-state index contributed by atoms with van der Waals surface area (Å²) in [6.45, 7) is 0.600. The number of hydrogen-bond acceptors (Lipinski definition) is 4. The van der Waals surface area contributed by atoms with Crippen molar-refractivity contribution in [3.8, 4) is 11.4 Å². The Morgan fingerprint density at radius 2 is 1.92 bits per heavy atom. The van der Waals surface area contributed by atoms with Gasteiger partial charge in [-0.1, -0.05) is 12.1 Å². The lowest BCUT2D eigenvalue weighted by Crippen LogP contribution is -2.03. The molecule has 4 rings (SSSR count). The summed E-state index contributed by atoms with van der Waals surface area (Å²) in [6.07, 6.45) is 1.94. The summed E-state index contributed by atoms with van der Waals surface area (Å²) in [6, 6.07) is 17.7. The zero-order valence-corrected chi connectivity index (χ0v) is 13.2. The van der Waals surface area contributed by atoms with Gasteiger partial charge >= 0.3 is 0 Å². The number of nitrogens with one attached hydrogen (secondary N) is 2. The zero-order chi connectivity index (χ0) is 16.4. The van der Waals surface area contributed by atoms with E-state index in [-0.39, 0.29) is 0 Å². The zero-order valence-electron chi connectivity index (χ0n) is 13.2. The van der Waals surface area contributed by atoms with Gasteiger partial charge in [-0.3, -0.25) is 0 Å². The van der Waals surface area contributed by atoms with Crippen LogP contribution in [0.4, 0.5) is 5.95 Å². The minimum atomic E-state index is 0.600. The molecule has 120 valence electrons. The molecule has 0 amide bonds. The Labute approximate surface area is 139 Å². The van der Waals surface area contributed by atoms with Crippen molar-refractivity contribution in [2.75, 3.05) is 12.4 Å². The fourth-order valence-electron chi connectivity index (χ4n) is 2.55. The Morgan fingerprint density at radius 3 is 2.71 bits per heavy atom. The molecular weight excluding hydrogens is 302 g/mol. The van der Waals surface area contributed by atoms with E-state index in [0.29, 0.717) is 6.54 Å². The molecule has 2 heterocycles. The highest BCUT2D eigenvalue weighted by Crippen LogP contribution is 2.16. The first-order valence-electron chi connectivity index (χ1n) is 7.69. The quantitative estimate of drug-likeness (QED) is 0.592. The first-order chi connectivity index (χ1) is 11.8. The third-order valence-corrected chi connectivity index (χ3v) is 3.81. The Balaban J connectivity index is 1.46. The van der Waals surface area contributed by atoms with Gasteiger partial charge in [0.25, 0.3) is 0 Å². The van der Waals surface area contributed by atoms with E-state index in [1.807, 2.05) is 65.5 Å². The second kappa shape index (κ2) is 6.08. The van der Waals surface area contributed by atoms with Gasteiger partial charge in [0.1, 0.15) is 5.75 Å². The summed E-state index contributed by atoms with van der Waals surface area (Å²) in [4.78, 5) is 7.74. The van der Waals surface area contributed by atoms with Crippen LogP contribution >= 0.6 is 0 Å². The molecule has 6 heteroatoms. The van der Waals surface area contributed by atoms with E-state index in [1.54, 1.807) is 7.11 Å². The monoisotopic (exact) mass is 319 g/mol. The van der Waals surface area contributed by atoms with Gasteiger partial charge in [0, 0.05) is 6.20 Å². The number of ether oxygens (including phenoxy) is 1. The fraction of sp³-hybridized carbons (Fsp3) is 0.111. The van der Waals surface area contributed by atoms with Gasteiger partial charge in [0.05, 0.1) is 36.1 Å². The van der Waals surface area contributed by atoms with Crippen molar-refractivity contribution in [3.63, 3.8) is 0 Å². The van der Waals surface area contributed by atoms with Crippen LogP contribution in [0.5, 0.6) is 5.75 Å². The molecule has 0 unspecified atom stereocenters. The number of rotatable bonds is 5. The summed E-state index contributed by atoms with van der Waals surface area (Å²) in [5.41, 5.74) is 3.89. The number of aromatic nitrogens is 4. The van der Waals surface area contributed by atoms with Crippen LogP contribution in [0.3, 0.4) is 0 Å². The lowest BCUT2D eigenvalue weighted by molar-refractivity contribution is 0.414. The molecule has 0 bridgehead atoms. The Kier molecular flexibility index (Phi) is 3.63. The summed E-state index contributed by atoms with van der Waals surface area (Å²) < 4.78 is 7.02. The molecule has 0 saturated heterocycles. The predicted molar refractivity (Wildman–Crippen MR) is 93.5 cm³/mol. The number of anilines is 1. The SMILES string of the molecule is COc1ccc(-n2ccc(CNc3nc4ccccc4[nH]3)n2)cc1. The number of nitrogens with zero attached hydrogens (tertiary/aromatic N) is 3.